The lowest BCUT2D eigenvalue weighted by Gasteiger charge is -2.37. The highest BCUT2D eigenvalue weighted by Gasteiger charge is 2.23. The summed E-state index contributed by atoms with van der Waals surface area (Å²) in [5.74, 6) is 1.70. The number of aryl methyl sites for hydroxylation is 1. The lowest BCUT2D eigenvalue weighted by Crippen LogP contribution is -2.50. The van der Waals surface area contributed by atoms with E-state index in [1.54, 1.807) is 0 Å². The first-order chi connectivity index (χ1) is 11.5. The van der Waals surface area contributed by atoms with Crippen molar-refractivity contribution in [3.63, 3.8) is 0 Å². The van der Waals surface area contributed by atoms with Crippen LogP contribution in [0.15, 0.2) is 23.3 Å². The summed E-state index contributed by atoms with van der Waals surface area (Å²) in [5.41, 5.74) is 1.29. The summed E-state index contributed by atoms with van der Waals surface area (Å²) in [6.45, 7) is 8.91. The Balaban J connectivity index is 0.00000312. The van der Waals surface area contributed by atoms with E-state index in [1.807, 2.05) is 7.05 Å². The molecule has 0 aliphatic carbocycles. The highest BCUT2D eigenvalue weighted by atomic mass is 127. The fourth-order valence-electron chi connectivity index (χ4n) is 3.57. The van der Waals surface area contributed by atoms with Gasteiger partial charge in [0.2, 0.25) is 0 Å². The van der Waals surface area contributed by atoms with Crippen LogP contribution < -0.4 is 5.32 Å². The van der Waals surface area contributed by atoms with Crippen LogP contribution in [-0.2, 0) is 13.6 Å². The molecular weight excluding hydrogens is 425 g/mol. The smallest absolute Gasteiger partial charge is 0.193 e. The molecule has 5 nitrogen and oxygen atoms in total. The van der Waals surface area contributed by atoms with Gasteiger partial charge in [-0.2, -0.15) is 0 Å². The minimum Gasteiger partial charge on any atom is -0.355 e. The van der Waals surface area contributed by atoms with Gasteiger partial charge < -0.3 is 14.8 Å². The van der Waals surface area contributed by atoms with E-state index in [2.05, 4.69) is 70.9 Å². The Bertz CT molecular complexity index is 526. The molecule has 1 aromatic rings. The molecule has 1 aliphatic heterocycles. The number of nitrogens with one attached hydrogen (secondary N) is 1. The number of nitrogens with zero attached hydrogens (tertiary/aromatic N) is 4. The number of aromatic nitrogens is 1. The van der Waals surface area contributed by atoms with Crippen LogP contribution in [0.2, 0.25) is 0 Å². The predicted molar refractivity (Wildman–Crippen MR) is 118 cm³/mol. The van der Waals surface area contributed by atoms with Gasteiger partial charge in [-0.1, -0.05) is 20.3 Å². The second-order valence-corrected chi connectivity index (χ2v) is 7.43. The van der Waals surface area contributed by atoms with Gasteiger partial charge in [0.25, 0.3) is 0 Å². The number of likely N-dealkylation sites (tertiary alicyclic amines) is 1. The molecule has 1 saturated heterocycles. The fraction of sp³-hybridized carbons (Fsp3) is 0.737. The number of hydrogen-bond acceptors (Lipinski definition) is 2. The Morgan fingerprint density at radius 1 is 1.40 bits per heavy atom. The van der Waals surface area contributed by atoms with Gasteiger partial charge in [-0.15, -0.1) is 24.0 Å². The van der Waals surface area contributed by atoms with Crippen LogP contribution in [-0.4, -0.2) is 60.1 Å². The van der Waals surface area contributed by atoms with Crippen LogP contribution in [0, 0.1) is 5.92 Å². The standard InChI is InChI=1S/C19H35N5.HI/c1-16(2)14-24-12-7-6-9-17(24)13-21-19(20-3)23(5)15-18-10-8-11-22(18)4;/h8,10-11,16-17H,6-7,9,12-15H2,1-5H3,(H,20,21);1H. The third-order valence-corrected chi connectivity index (χ3v) is 4.87. The molecule has 1 unspecified atom stereocenters. The number of piperidine rings is 1. The van der Waals surface area contributed by atoms with E-state index in [4.69, 9.17) is 0 Å². The predicted octanol–water partition coefficient (Wildman–Crippen LogP) is 3.16. The first-order valence-electron chi connectivity index (χ1n) is 9.27. The van der Waals surface area contributed by atoms with E-state index in [1.165, 1.54) is 38.0 Å². The molecule has 0 aromatic carbocycles. The second kappa shape index (κ2) is 11.1. The van der Waals surface area contributed by atoms with Gasteiger partial charge in [-0.3, -0.25) is 9.89 Å². The van der Waals surface area contributed by atoms with E-state index >= 15 is 0 Å². The number of rotatable bonds is 6. The van der Waals surface area contributed by atoms with Crippen molar-refractivity contribution in [3.8, 4) is 0 Å². The molecule has 0 amide bonds. The Morgan fingerprint density at radius 2 is 2.16 bits per heavy atom. The second-order valence-electron chi connectivity index (χ2n) is 7.43. The molecule has 0 spiro atoms. The largest absolute Gasteiger partial charge is 0.355 e. The molecule has 0 saturated carbocycles. The van der Waals surface area contributed by atoms with Crippen molar-refractivity contribution < 1.29 is 0 Å². The van der Waals surface area contributed by atoms with Gasteiger partial charge in [-0.05, 0) is 37.4 Å². The quantitative estimate of drug-likeness (QED) is 0.402. The SMILES string of the molecule is CN=C(NCC1CCCCN1CC(C)C)N(C)Cc1cccn1C.I. The molecule has 2 heterocycles. The first kappa shape index (κ1) is 22.3. The Labute approximate surface area is 170 Å². The highest BCUT2D eigenvalue weighted by molar-refractivity contribution is 14.0. The van der Waals surface area contributed by atoms with Crippen LogP contribution in [0.5, 0.6) is 0 Å². The van der Waals surface area contributed by atoms with Crippen LogP contribution in [0.25, 0.3) is 0 Å². The van der Waals surface area contributed by atoms with E-state index in [-0.39, 0.29) is 24.0 Å². The number of hydrogen-bond donors (Lipinski definition) is 1. The Morgan fingerprint density at radius 3 is 2.76 bits per heavy atom. The lowest BCUT2D eigenvalue weighted by molar-refractivity contribution is 0.133. The molecule has 6 heteroatoms. The monoisotopic (exact) mass is 461 g/mol. The summed E-state index contributed by atoms with van der Waals surface area (Å²) in [6, 6.07) is 4.88. The third-order valence-electron chi connectivity index (χ3n) is 4.87. The van der Waals surface area contributed by atoms with Gasteiger partial charge in [0.15, 0.2) is 5.96 Å². The topological polar surface area (TPSA) is 35.8 Å². The average Bonchev–Trinajstić information content (AvgIpc) is 2.94. The molecule has 1 aliphatic rings. The van der Waals surface area contributed by atoms with E-state index in [9.17, 15) is 0 Å². The molecule has 2 rings (SSSR count). The highest BCUT2D eigenvalue weighted by Crippen LogP contribution is 2.18. The lowest BCUT2D eigenvalue weighted by atomic mass is 10.0. The molecule has 1 fully saturated rings. The maximum absolute atomic E-state index is 4.47. The summed E-state index contributed by atoms with van der Waals surface area (Å²) in [4.78, 5) is 9.33. The molecule has 0 radical (unpaired) electrons. The zero-order chi connectivity index (χ0) is 17.5. The van der Waals surface area contributed by atoms with Crippen LogP contribution in [0.3, 0.4) is 0 Å². The minimum absolute atomic E-state index is 0. The summed E-state index contributed by atoms with van der Waals surface area (Å²) < 4.78 is 2.16. The maximum atomic E-state index is 4.47. The summed E-state index contributed by atoms with van der Waals surface area (Å²) in [6.07, 6.45) is 6.06. The van der Waals surface area contributed by atoms with E-state index in [0.717, 1.165) is 25.0 Å². The Hall–Kier alpha value is -0.760. The number of aliphatic imine (C=N–C) groups is 1. The van der Waals surface area contributed by atoms with Crippen LogP contribution >= 0.6 is 24.0 Å². The van der Waals surface area contributed by atoms with Crippen molar-refractivity contribution in [2.75, 3.05) is 33.7 Å². The Kier molecular flexibility index (Phi) is 9.86. The normalized spacial score (nSPS) is 19.0. The first-order valence-corrected chi connectivity index (χ1v) is 9.27. The molecular formula is C19H36IN5. The molecule has 1 N–H and O–H groups in total. The van der Waals surface area contributed by atoms with Crippen LogP contribution in [0.1, 0.15) is 38.8 Å². The fourth-order valence-corrected chi connectivity index (χ4v) is 3.57. The zero-order valence-electron chi connectivity index (χ0n) is 16.5. The van der Waals surface area contributed by atoms with Crippen molar-refractivity contribution in [2.24, 2.45) is 18.0 Å². The number of halogens is 1. The molecule has 25 heavy (non-hydrogen) atoms. The minimum atomic E-state index is 0. The van der Waals surface area contributed by atoms with Gasteiger partial charge in [-0.25, -0.2) is 0 Å². The van der Waals surface area contributed by atoms with Gasteiger partial charge in [0.05, 0.1) is 6.54 Å². The van der Waals surface area contributed by atoms with Crippen molar-refractivity contribution >= 4 is 29.9 Å². The van der Waals surface area contributed by atoms with Crippen molar-refractivity contribution in [3.05, 3.63) is 24.0 Å². The van der Waals surface area contributed by atoms with E-state index in [0.29, 0.717) is 6.04 Å². The summed E-state index contributed by atoms with van der Waals surface area (Å²) >= 11 is 0. The van der Waals surface area contributed by atoms with Gasteiger partial charge >= 0.3 is 0 Å². The summed E-state index contributed by atoms with van der Waals surface area (Å²) in [7, 11) is 6.07. The molecule has 1 aromatic heterocycles. The molecule has 0 bridgehead atoms. The maximum Gasteiger partial charge on any atom is 0.193 e. The number of guanidine groups is 1. The van der Waals surface area contributed by atoms with Crippen molar-refractivity contribution in [2.45, 2.75) is 45.7 Å². The third kappa shape index (κ3) is 6.81. The zero-order valence-corrected chi connectivity index (χ0v) is 18.9. The van der Waals surface area contributed by atoms with Crippen LogP contribution in [0.4, 0.5) is 0 Å². The van der Waals surface area contributed by atoms with E-state index < -0.39 is 0 Å². The molecule has 144 valence electrons. The average molecular weight is 461 g/mol. The van der Waals surface area contributed by atoms with Crippen molar-refractivity contribution in [1.29, 1.82) is 0 Å². The summed E-state index contributed by atoms with van der Waals surface area (Å²) in [5, 5.41) is 3.60. The molecule has 1 atom stereocenters. The van der Waals surface area contributed by atoms with Gasteiger partial charge in [0, 0.05) is 52.2 Å². The van der Waals surface area contributed by atoms with Crippen molar-refractivity contribution in [1.82, 2.24) is 19.7 Å². The van der Waals surface area contributed by atoms with Gasteiger partial charge in [0.1, 0.15) is 0 Å².